The summed E-state index contributed by atoms with van der Waals surface area (Å²) < 4.78 is 0. The van der Waals surface area contributed by atoms with Crippen LogP contribution in [0.1, 0.15) is 77.6 Å². The van der Waals surface area contributed by atoms with E-state index < -0.39 is 0 Å². The zero-order valence-corrected chi connectivity index (χ0v) is 20.7. The second-order valence-corrected chi connectivity index (χ2v) is 9.14. The van der Waals surface area contributed by atoms with Gasteiger partial charge < -0.3 is 0 Å². The standard InChI is InChI=1S/C20H26N4.C4H10.C2H6/c1-14-9-16(11-20(3,4)5)10-15(2)18(14)24(13-21)19(22)17-7-6-8-23-12-17;1-4(2)3;1-2/h6-10,12-13,21-22H,11H2,1-5H3;4H,1-3H3;1-2H3. The molecule has 0 saturated heterocycles. The molecule has 30 heavy (non-hydrogen) atoms. The van der Waals surface area contributed by atoms with Gasteiger partial charge in [0.15, 0.2) is 0 Å². The van der Waals surface area contributed by atoms with E-state index in [1.807, 2.05) is 33.8 Å². The van der Waals surface area contributed by atoms with Crippen molar-refractivity contribution in [2.24, 2.45) is 11.3 Å². The van der Waals surface area contributed by atoms with Crippen LogP contribution < -0.4 is 4.90 Å². The molecule has 0 saturated carbocycles. The molecule has 4 nitrogen and oxygen atoms in total. The molecule has 2 aromatic rings. The quantitative estimate of drug-likeness (QED) is 0.407. The van der Waals surface area contributed by atoms with E-state index in [1.54, 1.807) is 23.4 Å². The van der Waals surface area contributed by atoms with Crippen LogP contribution in [-0.4, -0.2) is 17.2 Å². The molecule has 0 aliphatic rings. The van der Waals surface area contributed by atoms with Gasteiger partial charge in [-0.3, -0.25) is 20.7 Å². The number of anilines is 1. The minimum Gasteiger partial charge on any atom is -0.291 e. The number of benzene rings is 1. The Morgan fingerprint density at radius 1 is 1.10 bits per heavy atom. The first-order chi connectivity index (χ1) is 14.0. The third-order valence-corrected chi connectivity index (χ3v) is 3.83. The summed E-state index contributed by atoms with van der Waals surface area (Å²) in [6.45, 7) is 21.3. The fraction of sp³-hybridized carbons (Fsp3) is 0.500. The van der Waals surface area contributed by atoms with E-state index in [4.69, 9.17) is 10.8 Å². The predicted molar refractivity (Wildman–Crippen MR) is 133 cm³/mol. The number of aromatic nitrogens is 1. The van der Waals surface area contributed by atoms with Gasteiger partial charge in [0, 0.05) is 18.0 Å². The summed E-state index contributed by atoms with van der Waals surface area (Å²) in [5.74, 6) is 1.09. The van der Waals surface area contributed by atoms with E-state index in [0.717, 1.165) is 29.2 Å². The largest absolute Gasteiger partial charge is 0.291 e. The van der Waals surface area contributed by atoms with E-state index in [2.05, 4.69) is 58.7 Å². The Balaban J connectivity index is 0.00000125. The van der Waals surface area contributed by atoms with Gasteiger partial charge in [-0.05, 0) is 60.4 Å². The van der Waals surface area contributed by atoms with Gasteiger partial charge in [0.05, 0.1) is 12.0 Å². The molecule has 166 valence electrons. The molecule has 0 radical (unpaired) electrons. The maximum atomic E-state index is 8.45. The molecule has 0 unspecified atom stereocenters. The maximum Gasteiger partial charge on any atom is 0.139 e. The highest BCUT2D eigenvalue weighted by atomic mass is 15.2. The Hall–Kier alpha value is -2.49. The molecule has 2 rings (SSSR count). The normalized spacial score (nSPS) is 10.4. The van der Waals surface area contributed by atoms with Gasteiger partial charge in [0.2, 0.25) is 0 Å². The number of rotatable bonds is 4. The molecule has 0 aliphatic heterocycles. The summed E-state index contributed by atoms with van der Waals surface area (Å²) in [5, 5.41) is 16.3. The van der Waals surface area contributed by atoms with Gasteiger partial charge in [-0.1, -0.05) is 67.5 Å². The van der Waals surface area contributed by atoms with E-state index in [0.29, 0.717) is 5.56 Å². The molecule has 4 heteroatoms. The number of pyridine rings is 1. The Morgan fingerprint density at radius 3 is 1.97 bits per heavy atom. The van der Waals surface area contributed by atoms with E-state index in [9.17, 15) is 0 Å². The Labute approximate surface area is 184 Å². The monoisotopic (exact) mass is 410 g/mol. The van der Waals surface area contributed by atoms with Crippen molar-refractivity contribution in [3.63, 3.8) is 0 Å². The number of aryl methyl sites for hydroxylation is 2. The summed E-state index contributed by atoms with van der Waals surface area (Å²) in [5.41, 5.74) is 5.26. The minimum atomic E-state index is 0.226. The maximum absolute atomic E-state index is 8.45. The van der Waals surface area contributed by atoms with Gasteiger partial charge in [-0.15, -0.1) is 0 Å². The number of hydrogen-bond acceptors (Lipinski definition) is 3. The van der Waals surface area contributed by atoms with Crippen LogP contribution in [0.25, 0.3) is 0 Å². The molecular formula is C26H42N4. The topological polar surface area (TPSA) is 63.8 Å². The number of amidine groups is 1. The van der Waals surface area contributed by atoms with Crippen LogP contribution in [0.4, 0.5) is 5.69 Å². The average molecular weight is 411 g/mol. The molecule has 0 atom stereocenters. The smallest absolute Gasteiger partial charge is 0.139 e. The Morgan fingerprint density at radius 2 is 1.60 bits per heavy atom. The lowest BCUT2D eigenvalue weighted by molar-refractivity contribution is 0.411. The third-order valence-electron chi connectivity index (χ3n) is 3.83. The van der Waals surface area contributed by atoms with Crippen LogP contribution in [0.3, 0.4) is 0 Å². The SMILES string of the molecule is CC.CC(C)C.Cc1cc(CC(C)(C)C)cc(C)c1N(C=N)C(=N)c1cccnc1. The molecule has 1 aromatic carbocycles. The first-order valence-electron chi connectivity index (χ1n) is 10.8. The number of nitrogens with zero attached hydrogens (tertiary/aromatic N) is 2. The van der Waals surface area contributed by atoms with Crippen LogP contribution in [0, 0.1) is 36.0 Å². The highest BCUT2D eigenvalue weighted by Gasteiger charge is 2.19. The van der Waals surface area contributed by atoms with Crippen molar-refractivity contribution in [3.05, 3.63) is 58.9 Å². The second kappa shape index (κ2) is 12.9. The van der Waals surface area contributed by atoms with Crippen molar-refractivity contribution in [2.45, 2.75) is 75.7 Å². The lowest BCUT2D eigenvalue weighted by Crippen LogP contribution is -2.30. The van der Waals surface area contributed by atoms with Gasteiger partial charge in [-0.2, -0.15) is 0 Å². The third kappa shape index (κ3) is 9.34. The van der Waals surface area contributed by atoms with Crippen LogP contribution in [0.5, 0.6) is 0 Å². The zero-order valence-electron chi connectivity index (χ0n) is 20.7. The summed E-state index contributed by atoms with van der Waals surface area (Å²) in [6.07, 6.45) is 5.54. The molecule has 0 bridgehead atoms. The van der Waals surface area contributed by atoms with Crippen LogP contribution in [0.15, 0.2) is 36.7 Å². The second-order valence-electron chi connectivity index (χ2n) is 9.14. The number of hydrogen-bond donors (Lipinski definition) is 2. The van der Waals surface area contributed by atoms with Gasteiger partial charge in [0.1, 0.15) is 5.84 Å². The lowest BCUT2D eigenvalue weighted by atomic mass is 9.86. The lowest BCUT2D eigenvalue weighted by Gasteiger charge is -2.26. The average Bonchev–Trinajstić information content (AvgIpc) is 2.64. The van der Waals surface area contributed by atoms with Crippen molar-refractivity contribution in [1.82, 2.24) is 4.98 Å². The zero-order chi connectivity index (χ0) is 23.5. The molecule has 0 fully saturated rings. The van der Waals surface area contributed by atoms with Crippen molar-refractivity contribution in [2.75, 3.05) is 4.90 Å². The van der Waals surface area contributed by atoms with Crippen molar-refractivity contribution >= 4 is 17.9 Å². The van der Waals surface area contributed by atoms with Crippen molar-refractivity contribution < 1.29 is 0 Å². The number of nitrogens with one attached hydrogen (secondary N) is 2. The molecule has 2 N–H and O–H groups in total. The van der Waals surface area contributed by atoms with E-state index >= 15 is 0 Å². The van der Waals surface area contributed by atoms with Crippen LogP contribution >= 0.6 is 0 Å². The highest BCUT2D eigenvalue weighted by Crippen LogP contribution is 2.30. The first kappa shape index (κ1) is 27.5. The molecule has 1 aromatic heterocycles. The Bertz CT molecular complexity index is 761. The van der Waals surface area contributed by atoms with Crippen LogP contribution in [-0.2, 0) is 6.42 Å². The summed E-state index contributed by atoms with van der Waals surface area (Å²) in [7, 11) is 0. The minimum absolute atomic E-state index is 0.226. The summed E-state index contributed by atoms with van der Waals surface area (Å²) >= 11 is 0. The highest BCUT2D eigenvalue weighted by molar-refractivity contribution is 6.17. The Kier molecular flexibility index (Phi) is 11.9. The van der Waals surface area contributed by atoms with Crippen LogP contribution in [0.2, 0.25) is 0 Å². The fourth-order valence-corrected chi connectivity index (χ4v) is 3.02. The fourth-order valence-electron chi connectivity index (χ4n) is 3.02. The van der Waals surface area contributed by atoms with Crippen molar-refractivity contribution in [3.8, 4) is 0 Å². The molecular weight excluding hydrogens is 368 g/mol. The predicted octanol–water partition coefficient (Wildman–Crippen LogP) is 7.41. The molecule has 0 spiro atoms. The molecule has 0 amide bonds. The van der Waals surface area contributed by atoms with E-state index in [1.165, 1.54) is 11.9 Å². The van der Waals surface area contributed by atoms with Gasteiger partial charge in [-0.25, -0.2) is 0 Å². The van der Waals surface area contributed by atoms with E-state index in [-0.39, 0.29) is 11.3 Å². The van der Waals surface area contributed by atoms with Gasteiger partial charge >= 0.3 is 0 Å². The summed E-state index contributed by atoms with van der Waals surface area (Å²) in [6, 6.07) is 7.98. The molecule has 1 heterocycles. The van der Waals surface area contributed by atoms with Gasteiger partial charge in [0.25, 0.3) is 0 Å². The van der Waals surface area contributed by atoms with Crippen molar-refractivity contribution in [1.29, 1.82) is 10.8 Å². The first-order valence-corrected chi connectivity index (χ1v) is 10.8. The summed E-state index contributed by atoms with van der Waals surface area (Å²) in [4.78, 5) is 5.69. The molecule has 0 aliphatic carbocycles.